The third-order valence-corrected chi connectivity index (χ3v) is 3.54. The quantitative estimate of drug-likeness (QED) is 0.865. The van der Waals surface area contributed by atoms with Crippen molar-refractivity contribution in [2.75, 3.05) is 0 Å². The molecule has 0 bridgehead atoms. The number of hydrogen-bond donors (Lipinski definition) is 2. The number of aryl methyl sites for hydroxylation is 1. The smallest absolute Gasteiger partial charge is 0.306 e. The van der Waals surface area contributed by atoms with E-state index < -0.39 is 11.9 Å². The largest absolute Gasteiger partial charge is 0.481 e. The molecule has 3 N–H and O–H groups in total. The molecule has 0 radical (unpaired) electrons. The highest BCUT2D eigenvalue weighted by atomic mass is 16.4. The first-order chi connectivity index (χ1) is 8.99. The van der Waals surface area contributed by atoms with Crippen molar-refractivity contribution in [3.63, 3.8) is 0 Å². The average molecular weight is 260 g/mol. The first kappa shape index (κ1) is 13.6. The van der Waals surface area contributed by atoms with Gasteiger partial charge in [-0.2, -0.15) is 0 Å². The summed E-state index contributed by atoms with van der Waals surface area (Å²) in [7, 11) is 2.01. The molecule has 4 heteroatoms. The summed E-state index contributed by atoms with van der Waals surface area (Å²) in [6, 6.07) is 8.05. The van der Waals surface area contributed by atoms with E-state index in [0.717, 1.165) is 0 Å². The van der Waals surface area contributed by atoms with Crippen LogP contribution in [0, 0.1) is 5.92 Å². The molecule has 0 aliphatic rings. The van der Waals surface area contributed by atoms with Crippen molar-refractivity contribution >= 4 is 16.9 Å². The molecule has 0 saturated carbocycles. The molecule has 0 spiro atoms. The van der Waals surface area contributed by atoms with Gasteiger partial charge in [0.1, 0.15) is 0 Å². The number of carbonyl (C=O) groups is 1. The van der Waals surface area contributed by atoms with Crippen LogP contribution in [0.25, 0.3) is 10.9 Å². The summed E-state index contributed by atoms with van der Waals surface area (Å²) in [6.07, 6.45) is 3.29. The monoisotopic (exact) mass is 260 g/mol. The molecule has 2 unspecified atom stereocenters. The summed E-state index contributed by atoms with van der Waals surface area (Å²) in [6.45, 7) is 1.70. The minimum Gasteiger partial charge on any atom is -0.481 e. The Morgan fingerprint density at radius 3 is 2.79 bits per heavy atom. The van der Waals surface area contributed by atoms with Crippen LogP contribution in [0.3, 0.4) is 0 Å². The zero-order valence-electron chi connectivity index (χ0n) is 11.3. The van der Waals surface area contributed by atoms with E-state index >= 15 is 0 Å². The predicted molar refractivity (Wildman–Crippen MR) is 76.0 cm³/mol. The molecule has 19 heavy (non-hydrogen) atoms. The Hall–Kier alpha value is -1.81. The molecule has 1 aromatic carbocycles. The molecule has 0 fully saturated rings. The van der Waals surface area contributed by atoms with E-state index in [1.54, 1.807) is 6.92 Å². The molecule has 2 rings (SSSR count). The molecule has 1 aromatic heterocycles. The highest BCUT2D eigenvalue weighted by molar-refractivity contribution is 5.83. The van der Waals surface area contributed by atoms with Gasteiger partial charge in [0.15, 0.2) is 0 Å². The minimum atomic E-state index is -0.784. The summed E-state index contributed by atoms with van der Waals surface area (Å²) in [5.74, 6) is -1.18. The van der Waals surface area contributed by atoms with Gasteiger partial charge in [-0.25, -0.2) is 0 Å². The van der Waals surface area contributed by atoms with Crippen LogP contribution in [0.4, 0.5) is 0 Å². The third kappa shape index (κ3) is 2.96. The maximum absolute atomic E-state index is 10.8. The van der Waals surface area contributed by atoms with Gasteiger partial charge in [0.2, 0.25) is 0 Å². The number of para-hydroxylation sites is 1. The second kappa shape index (κ2) is 5.45. The van der Waals surface area contributed by atoms with E-state index in [2.05, 4.69) is 22.9 Å². The van der Waals surface area contributed by atoms with Crippen molar-refractivity contribution in [2.45, 2.75) is 25.8 Å². The van der Waals surface area contributed by atoms with Crippen LogP contribution in [-0.2, 0) is 18.3 Å². The van der Waals surface area contributed by atoms with E-state index in [-0.39, 0.29) is 6.04 Å². The summed E-state index contributed by atoms with van der Waals surface area (Å²) >= 11 is 0. The highest BCUT2D eigenvalue weighted by Gasteiger charge is 2.17. The predicted octanol–water partition coefficient (Wildman–Crippen LogP) is 2.16. The van der Waals surface area contributed by atoms with Crippen LogP contribution in [0.15, 0.2) is 30.5 Å². The van der Waals surface area contributed by atoms with Gasteiger partial charge in [-0.1, -0.05) is 25.1 Å². The fraction of sp³-hybridized carbons (Fsp3) is 0.400. The van der Waals surface area contributed by atoms with E-state index in [1.165, 1.54) is 16.5 Å². The molecule has 0 aliphatic carbocycles. The first-order valence-electron chi connectivity index (χ1n) is 6.50. The summed E-state index contributed by atoms with van der Waals surface area (Å²) in [4.78, 5) is 10.8. The van der Waals surface area contributed by atoms with Crippen molar-refractivity contribution < 1.29 is 9.90 Å². The lowest BCUT2D eigenvalue weighted by molar-refractivity contribution is -0.141. The van der Waals surface area contributed by atoms with Gasteiger partial charge >= 0.3 is 5.97 Å². The minimum absolute atomic E-state index is 0.128. The lowest BCUT2D eigenvalue weighted by atomic mass is 9.97. The van der Waals surface area contributed by atoms with Crippen molar-refractivity contribution in [1.82, 2.24) is 4.57 Å². The van der Waals surface area contributed by atoms with Gasteiger partial charge in [0, 0.05) is 30.2 Å². The zero-order chi connectivity index (χ0) is 14.0. The molecule has 102 valence electrons. The first-order valence-corrected chi connectivity index (χ1v) is 6.50. The molecule has 2 aromatic rings. The SMILES string of the molecule is CC(CC(N)Cc1cn(C)c2ccccc12)C(=O)O. The number of hydrogen-bond acceptors (Lipinski definition) is 2. The Morgan fingerprint density at radius 1 is 1.42 bits per heavy atom. The second-order valence-corrected chi connectivity index (χ2v) is 5.22. The molecule has 0 aliphatic heterocycles. The maximum Gasteiger partial charge on any atom is 0.306 e. The fourth-order valence-electron chi connectivity index (χ4n) is 2.51. The number of nitrogens with zero attached hydrogens (tertiary/aromatic N) is 1. The second-order valence-electron chi connectivity index (χ2n) is 5.22. The summed E-state index contributed by atoms with van der Waals surface area (Å²) < 4.78 is 2.08. The van der Waals surface area contributed by atoms with Crippen molar-refractivity contribution in [3.8, 4) is 0 Å². The Morgan fingerprint density at radius 2 is 2.11 bits per heavy atom. The number of aromatic nitrogens is 1. The normalized spacial score (nSPS) is 14.5. The Kier molecular flexibility index (Phi) is 3.90. The Bertz CT molecular complexity index is 589. The van der Waals surface area contributed by atoms with Crippen LogP contribution in [0.5, 0.6) is 0 Å². The van der Waals surface area contributed by atoms with Gasteiger partial charge in [0.05, 0.1) is 5.92 Å². The molecule has 0 saturated heterocycles. The van der Waals surface area contributed by atoms with Crippen molar-refractivity contribution in [3.05, 3.63) is 36.0 Å². The summed E-state index contributed by atoms with van der Waals surface area (Å²) in [5.41, 5.74) is 8.43. The number of carboxylic acid groups (broad SMARTS) is 1. The number of nitrogens with two attached hydrogens (primary N) is 1. The molecule has 0 amide bonds. The molecule has 4 nitrogen and oxygen atoms in total. The van der Waals surface area contributed by atoms with Crippen molar-refractivity contribution in [1.29, 1.82) is 0 Å². The van der Waals surface area contributed by atoms with Crippen molar-refractivity contribution in [2.24, 2.45) is 18.7 Å². The van der Waals surface area contributed by atoms with Crippen LogP contribution >= 0.6 is 0 Å². The average Bonchev–Trinajstić information content (AvgIpc) is 2.67. The van der Waals surface area contributed by atoms with E-state index in [0.29, 0.717) is 12.8 Å². The standard InChI is InChI=1S/C15H20N2O2/c1-10(15(18)19)7-12(16)8-11-9-17(2)14-6-4-3-5-13(11)14/h3-6,9-10,12H,7-8,16H2,1-2H3,(H,18,19). The molecular formula is C15H20N2O2. The number of aliphatic carboxylic acids is 1. The maximum atomic E-state index is 10.8. The molecular weight excluding hydrogens is 240 g/mol. The van der Waals surface area contributed by atoms with Crippen LogP contribution in [0.2, 0.25) is 0 Å². The number of rotatable bonds is 5. The highest BCUT2D eigenvalue weighted by Crippen LogP contribution is 2.22. The Balaban J connectivity index is 2.15. The van der Waals surface area contributed by atoms with Crippen LogP contribution in [-0.4, -0.2) is 21.7 Å². The lowest BCUT2D eigenvalue weighted by Gasteiger charge is -2.13. The van der Waals surface area contributed by atoms with Gasteiger partial charge < -0.3 is 15.4 Å². The van der Waals surface area contributed by atoms with Gasteiger partial charge in [-0.3, -0.25) is 4.79 Å². The van der Waals surface area contributed by atoms with Crippen LogP contribution < -0.4 is 5.73 Å². The number of carboxylic acids is 1. The van der Waals surface area contributed by atoms with Gasteiger partial charge in [0.25, 0.3) is 0 Å². The Labute approximate surface area is 112 Å². The molecule has 1 heterocycles. The number of benzene rings is 1. The third-order valence-electron chi connectivity index (χ3n) is 3.54. The van der Waals surface area contributed by atoms with E-state index in [4.69, 9.17) is 10.8 Å². The lowest BCUT2D eigenvalue weighted by Crippen LogP contribution is -2.28. The van der Waals surface area contributed by atoms with E-state index in [9.17, 15) is 4.79 Å². The van der Waals surface area contributed by atoms with Gasteiger partial charge in [-0.15, -0.1) is 0 Å². The fourth-order valence-corrected chi connectivity index (χ4v) is 2.51. The van der Waals surface area contributed by atoms with Gasteiger partial charge in [-0.05, 0) is 24.5 Å². The van der Waals surface area contributed by atoms with Crippen LogP contribution in [0.1, 0.15) is 18.9 Å². The zero-order valence-corrected chi connectivity index (χ0v) is 11.3. The summed E-state index contributed by atoms with van der Waals surface area (Å²) in [5, 5.41) is 10.1. The molecule has 2 atom stereocenters. The van der Waals surface area contributed by atoms with E-state index in [1.807, 2.05) is 19.2 Å². The topological polar surface area (TPSA) is 68.2 Å². The number of fused-ring (bicyclic) bond motifs is 1.